The Morgan fingerprint density at radius 1 is 0.977 bits per heavy atom. The number of rotatable bonds is 9. The molecule has 1 N–H and O–H groups in total. The molecule has 0 fully saturated rings. The maximum atomic E-state index is 12.6. The van der Waals surface area contributed by atoms with Gasteiger partial charge in [-0.3, -0.25) is 15.1 Å². The molecule has 10 nitrogen and oxygen atoms in total. The minimum Gasteiger partial charge on any atom is -0.496 e. The monoisotopic (exact) mass is 581 g/mol. The van der Waals surface area contributed by atoms with Gasteiger partial charge in [0, 0.05) is 46.9 Å². The van der Waals surface area contributed by atoms with E-state index >= 15 is 0 Å². The fourth-order valence-corrected chi connectivity index (χ4v) is 5.25. The first-order valence-electron chi connectivity index (χ1n) is 13.5. The highest BCUT2D eigenvalue weighted by Gasteiger charge is 2.27. The molecule has 1 aliphatic rings. The molecule has 5 rings (SSSR count). The van der Waals surface area contributed by atoms with E-state index in [1.807, 2.05) is 25.1 Å². The van der Waals surface area contributed by atoms with Gasteiger partial charge in [0.05, 0.1) is 36.3 Å². The Morgan fingerprint density at radius 3 is 2.44 bits per heavy atom. The molecule has 4 aromatic rings. The Kier molecular flexibility index (Phi) is 8.03. The molecule has 0 unspecified atom stereocenters. The first-order chi connectivity index (χ1) is 20.6. The van der Waals surface area contributed by atoms with E-state index in [9.17, 15) is 14.9 Å². The fourth-order valence-electron chi connectivity index (χ4n) is 5.25. The van der Waals surface area contributed by atoms with Crippen LogP contribution in [-0.4, -0.2) is 35.6 Å². The normalized spacial score (nSPS) is 13.2. The smallest absolute Gasteiger partial charge is 0.345 e. The first-order valence-corrected chi connectivity index (χ1v) is 13.5. The second kappa shape index (κ2) is 11.8. The molecule has 0 aliphatic carbocycles. The number of fused-ring (bicyclic) bond motifs is 1. The highest BCUT2D eigenvalue weighted by Crippen LogP contribution is 2.44. The van der Waals surface area contributed by atoms with Crippen LogP contribution >= 0.6 is 0 Å². The molecule has 1 aromatic heterocycles. The van der Waals surface area contributed by atoms with Gasteiger partial charge in [0.1, 0.15) is 18.1 Å². The van der Waals surface area contributed by atoms with Crippen LogP contribution in [0, 0.1) is 10.1 Å². The Balaban J connectivity index is 1.58. The average molecular weight is 582 g/mol. The molecule has 2 heterocycles. The summed E-state index contributed by atoms with van der Waals surface area (Å²) in [6, 6.07) is 16.7. The first kappa shape index (κ1) is 29.1. The molecule has 220 valence electrons. The van der Waals surface area contributed by atoms with Crippen molar-refractivity contribution in [3.8, 4) is 34.1 Å². The second-order valence-electron chi connectivity index (χ2n) is 10.6. The zero-order valence-corrected chi connectivity index (χ0v) is 24.5. The van der Waals surface area contributed by atoms with Gasteiger partial charge in [-0.15, -0.1) is 0 Å². The maximum Gasteiger partial charge on any atom is 0.345 e. The molecular weight excluding hydrogens is 550 g/mol. The van der Waals surface area contributed by atoms with Gasteiger partial charge in [-0.1, -0.05) is 12.1 Å². The van der Waals surface area contributed by atoms with Crippen molar-refractivity contribution < 1.29 is 28.7 Å². The molecule has 3 aromatic carbocycles. The van der Waals surface area contributed by atoms with Gasteiger partial charge < -0.3 is 24.3 Å². The summed E-state index contributed by atoms with van der Waals surface area (Å²) < 4.78 is 23.0. The molecule has 0 radical (unpaired) electrons. The number of carbonyl (C=O) groups excluding carboxylic acids is 1. The van der Waals surface area contributed by atoms with Crippen molar-refractivity contribution in [3.05, 3.63) is 106 Å². The quantitative estimate of drug-likeness (QED) is 0.0956. The lowest BCUT2D eigenvalue weighted by Gasteiger charge is -2.33. The van der Waals surface area contributed by atoms with Crippen molar-refractivity contribution in [1.82, 2.24) is 4.98 Å². The van der Waals surface area contributed by atoms with Gasteiger partial charge in [-0.2, -0.15) is 0 Å². The fraction of sp³-hybridized carbons (Fsp3) is 0.212. The predicted octanol–water partition coefficient (Wildman–Crippen LogP) is 7.08. The number of ether oxygens (including phenoxy) is 4. The van der Waals surface area contributed by atoms with Crippen LogP contribution in [0.15, 0.2) is 79.1 Å². The van der Waals surface area contributed by atoms with Crippen LogP contribution in [0.3, 0.4) is 0 Å². The van der Waals surface area contributed by atoms with E-state index < -0.39 is 10.9 Å². The van der Waals surface area contributed by atoms with Crippen LogP contribution < -0.4 is 24.3 Å². The highest BCUT2D eigenvalue weighted by atomic mass is 16.6. The Labute approximate surface area is 249 Å². The van der Waals surface area contributed by atoms with Gasteiger partial charge in [0.15, 0.2) is 11.5 Å². The second-order valence-corrected chi connectivity index (χ2v) is 10.6. The summed E-state index contributed by atoms with van der Waals surface area (Å²) in [6.45, 7) is 6.29. The third-order valence-electron chi connectivity index (χ3n) is 7.04. The van der Waals surface area contributed by atoms with Crippen molar-refractivity contribution in [2.24, 2.45) is 0 Å². The molecule has 0 atom stereocenters. The maximum absolute atomic E-state index is 12.6. The number of pyridine rings is 1. The molecule has 0 spiro atoms. The molecule has 0 saturated heterocycles. The number of hydrogen-bond donors (Lipinski definition) is 1. The lowest BCUT2D eigenvalue weighted by atomic mass is 9.85. The van der Waals surface area contributed by atoms with Crippen LogP contribution in [0.2, 0.25) is 0 Å². The third kappa shape index (κ3) is 6.13. The number of carbonyl (C=O) groups is 1. The summed E-state index contributed by atoms with van der Waals surface area (Å²) in [6.07, 6.45) is 5.17. The van der Waals surface area contributed by atoms with Gasteiger partial charge >= 0.3 is 5.97 Å². The van der Waals surface area contributed by atoms with Crippen LogP contribution in [-0.2, 0) is 6.61 Å². The number of allylic oxidation sites excluding steroid dienone is 1. The molecule has 1 aliphatic heterocycles. The van der Waals surface area contributed by atoms with Crippen molar-refractivity contribution in [1.29, 1.82) is 0 Å². The van der Waals surface area contributed by atoms with Crippen molar-refractivity contribution in [2.75, 3.05) is 19.5 Å². The topological polar surface area (TPSA) is 122 Å². The number of methoxy groups -OCH3 is 2. The van der Waals surface area contributed by atoms with E-state index in [0.29, 0.717) is 22.8 Å². The minimum atomic E-state index is -0.536. The Morgan fingerprint density at radius 2 is 1.74 bits per heavy atom. The largest absolute Gasteiger partial charge is 0.496 e. The standard InChI is InChI=1S/C33H31N3O7/c1-20-17-33(2,3)35-27-12-11-24(26(31(20)27)19-42-30-15-22(36(38)39)8-13-28(30)40-4)25-10-9-23(16-29(25)41-5)43-32(37)21-7-6-14-34-18-21/h6-18,35H,19H2,1-5H3. The minimum absolute atomic E-state index is 0.0736. The van der Waals surface area contributed by atoms with E-state index in [1.165, 1.54) is 31.5 Å². The van der Waals surface area contributed by atoms with E-state index in [-0.39, 0.29) is 23.6 Å². The number of nitro benzene ring substituents is 1. The number of aromatic nitrogens is 1. The number of hydrogen-bond acceptors (Lipinski definition) is 9. The Hall–Kier alpha value is -5.38. The van der Waals surface area contributed by atoms with Crippen molar-refractivity contribution >= 4 is 22.9 Å². The average Bonchev–Trinajstić information content (AvgIpc) is 2.99. The predicted molar refractivity (Wildman–Crippen MR) is 163 cm³/mol. The van der Waals surface area contributed by atoms with E-state index in [0.717, 1.165) is 33.5 Å². The summed E-state index contributed by atoms with van der Waals surface area (Å²) in [5.41, 5.74) is 5.28. The Bertz CT molecular complexity index is 1730. The van der Waals surface area contributed by atoms with Crippen LogP contribution in [0.5, 0.6) is 23.0 Å². The number of nitrogens with one attached hydrogen (secondary N) is 1. The molecule has 0 amide bonds. The zero-order chi connectivity index (χ0) is 30.7. The van der Waals surface area contributed by atoms with Crippen LogP contribution in [0.25, 0.3) is 16.7 Å². The summed E-state index contributed by atoms with van der Waals surface area (Å²) in [5.74, 6) is 0.880. The number of esters is 1. The molecular formula is C33H31N3O7. The lowest BCUT2D eigenvalue weighted by molar-refractivity contribution is -0.385. The summed E-state index contributed by atoms with van der Waals surface area (Å²) in [5, 5.41) is 15.0. The van der Waals surface area contributed by atoms with E-state index in [1.54, 1.807) is 37.6 Å². The molecule has 10 heteroatoms. The van der Waals surface area contributed by atoms with E-state index in [2.05, 4.69) is 30.2 Å². The third-order valence-corrected chi connectivity index (χ3v) is 7.04. The molecule has 0 bridgehead atoms. The highest BCUT2D eigenvalue weighted by molar-refractivity contribution is 5.91. The van der Waals surface area contributed by atoms with Crippen LogP contribution in [0.1, 0.15) is 42.3 Å². The summed E-state index contributed by atoms with van der Waals surface area (Å²) in [7, 11) is 3.03. The summed E-state index contributed by atoms with van der Waals surface area (Å²) >= 11 is 0. The summed E-state index contributed by atoms with van der Waals surface area (Å²) in [4.78, 5) is 27.6. The van der Waals surface area contributed by atoms with Gasteiger partial charge in [0.2, 0.25) is 0 Å². The van der Waals surface area contributed by atoms with Crippen molar-refractivity contribution in [2.45, 2.75) is 32.9 Å². The number of anilines is 1. The number of non-ortho nitro benzene ring substituents is 1. The lowest BCUT2D eigenvalue weighted by Crippen LogP contribution is -2.32. The number of nitrogens with zero attached hydrogens (tertiary/aromatic N) is 2. The molecule has 0 saturated carbocycles. The SMILES string of the molecule is COc1ccc([N+](=O)[O-])cc1OCc1c(-c2ccc(OC(=O)c3cccnc3)cc2OC)ccc2c1C(C)=CC(C)(C)N2. The number of nitro groups is 1. The number of benzene rings is 3. The van der Waals surface area contributed by atoms with Gasteiger partial charge in [-0.25, -0.2) is 4.79 Å². The molecule has 43 heavy (non-hydrogen) atoms. The van der Waals surface area contributed by atoms with E-state index in [4.69, 9.17) is 18.9 Å². The van der Waals surface area contributed by atoms with Gasteiger partial charge in [-0.05, 0) is 68.3 Å². The zero-order valence-electron chi connectivity index (χ0n) is 24.5. The van der Waals surface area contributed by atoms with Crippen LogP contribution in [0.4, 0.5) is 11.4 Å². The van der Waals surface area contributed by atoms with Crippen molar-refractivity contribution in [3.63, 3.8) is 0 Å². The van der Waals surface area contributed by atoms with Gasteiger partial charge in [0.25, 0.3) is 5.69 Å².